The first kappa shape index (κ1) is 13.1. The molecular formula is C14H18BrN3. The third-order valence-electron chi connectivity index (χ3n) is 3.04. The van der Waals surface area contributed by atoms with Crippen molar-refractivity contribution >= 4 is 21.6 Å². The molecule has 1 N–H and O–H groups in total. The second-order valence-electron chi connectivity index (χ2n) is 4.38. The Labute approximate surface area is 116 Å². The Bertz CT molecular complexity index is 507. The summed E-state index contributed by atoms with van der Waals surface area (Å²) in [5.41, 5.74) is 2.15. The van der Waals surface area contributed by atoms with Gasteiger partial charge in [0.1, 0.15) is 0 Å². The van der Waals surface area contributed by atoms with E-state index in [1.807, 2.05) is 29.1 Å². The fourth-order valence-electron chi connectivity index (χ4n) is 1.69. The minimum Gasteiger partial charge on any atom is -0.378 e. The average Bonchev–Trinajstić information content (AvgIpc) is 2.86. The molecule has 3 nitrogen and oxygen atoms in total. The molecule has 0 aliphatic carbocycles. The van der Waals surface area contributed by atoms with Gasteiger partial charge in [0.25, 0.3) is 0 Å². The molecule has 0 bridgehead atoms. The molecule has 0 radical (unpaired) electrons. The van der Waals surface area contributed by atoms with Crippen molar-refractivity contribution < 1.29 is 0 Å². The molecule has 0 amide bonds. The smallest absolute Gasteiger partial charge is 0.0815 e. The lowest BCUT2D eigenvalue weighted by Crippen LogP contribution is -2.06. The van der Waals surface area contributed by atoms with E-state index >= 15 is 0 Å². The van der Waals surface area contributed by atoms with E-state index in [0.717, 1.165) is 28.8 Å². The number of nitrogens with one attached hydrogen (secondary N) is 1. The maximum atomic E-state index is 4.56. The number of hydrogen-bond acceptors (Lipinski definition) is 2. The fraction of sp³-hybridized carbons (Fsp3) is 0.357. The minimum absolute atomic E-state index is 0.460. The van der Waals surface area contributed by atoms with E-state index < -0.39 is 0 Å². The van der Waals surface area contributed by atoms with Gasteiger partial charge in [0, 0.05) is 22.4 Å². The Hall–Kier alpha value is -1.29. The maximum Gasteiger partial charge on any atom is 0.0815 e. The summed E-state index contributed by atoms with van der Waals surface area (Å²) in [6.45, 7) is 5.09. The molecule has 2 rings (SSSR count). The number of aromatic nitrogens is 2. The third kappa shape index (κ3) is 3.13. The van der Waals surface area contributed by atoms with Crippen LogP contribution in [0, 0.1) is 0 Å². The van der Waals surface area contributed by atoms with E-state index in [-0.39, 0.29) is 0 Å². The van der Waals surface area contributed by atoms with Gasteiger partial charge in [-0.2, -0.15) is 5.10 Å². The zero-order chi connectivity index (χ0) is 13.0. The fourth-order valence-corrected chi connectivity index (χ4v) is 2.12. The number of para-hydroxylation sites is 1. The van der Waals surface area contributed by atoms with Crippen LogP contribution in [0.2, 0.25) is 0 Å². The van der Waals surface area contributed by atoms with E-state index in [1.165, 1.54) is 0 Å². The molecule has 0 aliphatic heterocycles. The Balaban J connectivity index is 1.98. The highest BCUT2D eigenvalue weighted by atomic mass is 79.9. The zero-order valence-electron chi connectivity index (χ0n) is 10.7. The van der Waals surface area contributed by atoms with Crippen LogP contribution < -0.4 is 5.32 Å². The van der Waals surface area contributed by atoms with Crippen LogP contribution in [0.15, 0.2) is 41.0 Å². The van der Waals surface area contributed by atoms with Gasteiger partial charge in [-0.25, -0.2) is 0 Å². The van der Waals surface area contributed by atoms with Gasteiger partial charge in [0.05, 0.1) is 12.2 Å². The summed E-state index contributed by atoms with van der Waals surface area (Å²) in [5.74, 6) is 0. The van der Waals surface area contributed by atoms with Gasteiger partial charge in [-0.1, -0.05) is 19.1 Å². The lowest BCUT2D eigenvalue weighted by atomic mass is 10.3. The van der Waals surface area contributed by atoms with E-state index in [9.17, 15) is 0 Å². The molecule has 1 atom stereocenters. The second kappa shape index (κ2) is 6.05. The highest BCUT2D eigenvalue weighted by Crippen LogP contribution is 2.21. The Morgan fingerprint density at radius 1 is 1.33 bits per heavy atom. The normalized spacial score (nSPS) is 12.4. The molecule has 2 aromatic rings. The molecule has 1 aromatic heterocycles. The quantitative estimate of drug-likeness (QED) is 0.896. The Morgan fingerprint density at radius 3 is 2.83 bits per heavy atom. The Kier molecular flexibility index (Phi) is 4.42. The van der Waals surface area contributed by atoms with Crippen LogP contribution in [-0.4, -0.2) is 9.78 Å². The van der Waals surface area contributed by atoms with Crippen LogP contribution in [0.4, 0.5) is 5.69 Å². The molecule has 0 fully saturated rings. The molecule has 18 heavy (non-hydrogen) atoms. The number of nitrogens with zero attached hydrogens (tertiary/aromatic N) is 2. The molecule has 0 aliphatic rings. The molecule has 4 heteroatoms. The van der Waals surface area contributed by atoms with Crippen molar-refractivity contribution in [1.29, 1.82) is 0 Å². The van der Waals surface area contributed by atoms with Crippen molar-refractivity contribution in [3.05, 3.63) is 46.7 Å². The van der Waals surface area contributed by atoms with Crippen molar-refractivity contribution in [2.24, 2.45) is 0 Å². The summed E-state index contributed by atoms with van der Waals surface area (Å²) < 4.78 is 3.10. The van der Waals surface area contributed by atoms with E-state index in [1.54, 1.807) is 0 Å². The van der Waals surface area contributed by atoms with Gasteiger partial charge in [-0.05, 0) is 47.5 Å². The SMILES string of the molecule is CCC(C)n1ccc(CNc2ccccc2Br)n1. The first-order valence-corrected chi connectivity index (χ1v) is 7.02. The molecule has 1 heterocycles. The van der Waals surface area contributed by atoms with Gasteiger partial charge in [0.15, 0.2) is 0 Å². The summed E-state index contributed by atoms with van der Waals surface area (Å²) in [5, 5.41) is 7.94. The van der Waals surface area contributed by atoms with Crippen molar-refractivity contribution in [3.8, 4) is 0 Å². The van der Waals surface area contributed by atoms with E-state index in [0.29, 0.717) is 6.04 Å². The lowest BCUT2D eigenvalue weighted by molar-refractivity contribution is 0.474. The molecule has 1 aromatic carbocycles. The monoisotopic (exact) mass is 307 g/mol. The van der Waals surface area contributed by atoms with Crippen molar-refractivity contribution in [2.75, 3.05) is 5.32 Å². The van der Waals surface area contributed by atoms with Crippen molar-refractivity contribution in [2.45, 2.75) is 32.9 Å². The van der Waals surface area contributed by atoms with Gasteiger partial charge in [-0.3, -0.25) is 4.68 Å². The lowest BCUT2D eigenvalue weighted by Gasteiger charge is -2.09. The number of halogens is 1. The highest BCUT2D eigenvalue weighted by Gasteiger charge is 2.05. The van der Waals surface area contributed by atoms with E-state index in [4.69, 9.17) is 0 Å². The summed E-state index contributed by atoms with van der Waals surface area (Å²) in [6.07, 6.45) is 3.14. The molecule has 0 spiro atoms. The molecular weight excluding hydrogens is 290 g/mol. The van der Waals surface area contributed by atoms with Gasteiger partial charge >= 0.3 is 0 Å². The van der Waals surface area contributed by atoms with Crippen molar-refractivity contribution in [1.82, 2.24) is 9.78 Å². The number of rotatable bonds is 5. The van der Waals surface area contributed by atoms with Crippen LogP contribution in [-0.2, 0) is 6.54 Å². The first-order valence-electron chi connectivity index (χ1n) is 6.23. The molecule has 0 saturated carbocycles. The summed E-state index contributed by atoms with van der Waals surface area (Å²) in [7, 11) is 0. The zero-order valence-corrected chi connectivity index (χ0v) is 12.3. The van der Waals surface area contributed by atoms with Crippen molar-refractivity contribution in [3.63, 3.8) is 0 Å². The van der Waals surface area contributed by atoms with Gasteiger partial charge in [-0.15, -0.1) is 0 Å². The topological polar surface area (TPSA) is 29.9 Å². The molecule has 96 valence electrons. The summed E-state index contributed by atoms with van der Waals surface area (Å²) in [4.78, 5) is 0. The number of anilines is 1. The highest BCUT2D eigenvalue weighted by molar-refractivity contribution is 9.10. The van der Waals surface area contributed by atoms with Crippen LogP contribution in [0.1, 0.15) is 32.0 Å². The Morgan fingerprint density at radius 2 is 2.11 bits per heavy atom. The van der Waals surface area contributed by atoms with Crippen LogP contribution in [0.5, 0.6) is 0 Å². The predicted octanol–water partition coefficient (Wildman–Crippen LogP) is 4.23. The summed E-state index contributed by atoms with van der Waals surface area (Å²) in [6, 6.07) is 10.6. The first-order chi connectivity index (χ1) is 8.70. The minimum atomic E-state index is 0.460. The summed E-state index contributed by atoms with van der Waals surface area (Å²) >= 11 is 3.52. The van der Waals surface area contributed by atoms with Crippen LogP contribution >= 0.6 is 15.9 Å². The maximum absolute atomic E-state index is 4.56. The van der Waals surface area contributed by atoms with Crippen LogP contribution in [0.3, 0.4) is 0 Å². The van der Waals surface area contributed by atoms with Crippen LogP contribution in [0.25, 0.3) is 0 Å². The predicted molar refractivity (Wildman–Crippen MR) is 78.7 cm³/mol. The largest absolute Gasteiger partial charge is 0.378 e. The number of hydrogen-bond donors (Lipinski definition) is 1. The standard InChI is InChI=1S/C14H18BrN3/c1-3-11(2)18-9-8-12(17-18)10-16-14-7-5-4-6-13(14)15/h4-9,11,16H,3,10H2,1-2H3. The molecule has 0 saturated heterocycles. The second-order valence-corrected chi connectivity index (χ2v) is 5.23. The number of benzene rings is 1. The average molecular weight is 308 g/mol. The molecule has 1 unspecified atom stereocenters. The third-order valence-corrected chi connectivity index (χ3v) is 3.73. The van der Waals surface area contributed by atoms with Gasteiger partial charge < -0.3 is 5.32 Å². The van der Waals surface area contributed by atoms with E-state index in [2.05, 4.69) is 52.3 Å². The van der Waals surface area contributed by atoms with Gasteiger partial charge in [0.2, 0.25) is 0 Å².